The molecule has 106 valence electrons. The molecule has 0 bridgehead atoms. The van der Waals surface area contributed by atoms with E-state index in [1.54, 1.807) is 0 Å². The van der Waals surface area contributed by atoms with Crippen LogP contribution in [0.3, 0.4) is 0 Å². The van der Waals surface area contributed by atoms with Crippen molar-refractivity contribution in [2.24, 2.45) is 0 Å². The molecule has 0 atom stereocenters. The third-order valence-electron chi connectivity index (χ3n) is 4.02. The lowest BCUT2D eigenvalue weighted by Gasteiger charge is -2.20. The lowest BCUT2D eigenvalue weighted by molar-refractivity contribution is 0.267. The third-order valence-corrected chi connectivity index (χ3v) is 4.02. The number of nitrogens with zero attached hydrogens (tertiary/aromatic N) is 4. The summed E-state index contributed by atoms with van der Waals surface area (Å²) < 4.78 is 1.90. The lowest BCUT2D eigenvalue weighted by atomic mass is 10.2. The molecule has 0 unspecified atom stereocenters. The average molecular weight is 280 g/mol. The van der Waals surface area contributed by atoms with Crippen molar-refractivity contribution in [3.05, 3.63) is 54.0 Å². The first-order chi connectivity index (χ1) is 10.4. The van der Waals surface area contributed by atoms with Crippen molar-refractivity contribution < 1.29 is 5.11 Å². The van der Waals surface area contributed by atoms with Gasteiger partial charge in [-0.05, 0) is 12.1 Å². The quantitative estimate of drug-likeness (QED) is 0.796. The number of fused-ring (bicyclic) bond motifs is 2. The number of aliphatic hydroxyl groups is 1. The predicted octanol–water partition coefficient (Wildman–Crippen LogP) is 1.94. The number of hydrogen-bond acceptors (Lipinski definition) is 4. The summed E-state index contributed by atoms with van der Waals surface area (Å²) in [7, 11) is 0. The molecule has 1 aliphatic rings. The van der Waals surface area contributed by atoms with Gasteiger partial charge in [0.25, 0.3) is 0 Å². The highest BCUT2D eigenvalue weighted by Crippen LogP contribution is 2.32. The topological polar surface area (TPSA) is 54.2 Å². The Morgan fingerprint density at radius 1 is 1.14 bits per heavy atom. The van der Waals surface area contributed by atoms with Crippen LogP contribution in [0.25, 0.3) is 10.9 Å². The van der Waals surface area contributed by atoms with Crippen LogP contribution in [-0.2, 0) is 19.6 Å². The van der Waals surface area contributed by atoms with E-state index in [-0.39, 0.29) is 6.61 Å². The van der Waals surface area contributed by atoms with Gasteiger partial charge in [-0.2, -0.15) is 5.10 Å². The van der Waals surface area contributed by atoms with Gasteiger partial charge in [0.1, 0.15) is 0 Å². The zero-order valence-corrected chi connectivity index (χ0v) is 11.6. The largest absolute Gasteiger partial charge is 0.394 e. The minimum absolute atomic E-state index is 0.117. The molecule has 1 N–H and O–H groups in total. The zero-order chi connectivity index (χ0) is 14.2. The van der Waals surface area contributed by atoms with Gasteiger partial charge in [-0.15, -0.1) is 0 Å². The van der Waals surface area contributed by atoms with Gasteiger partial charge in [-0.25, -0.2) is 0 Å². The van der Waals surface area contributed by atoms with E-state index in [1.807, 2.05) is 35.3 Å². The highest BCUT2D eigenvalue weighted by molar-refractivity contribution is 5.91. The molecule has 1 aromatic carbocycles. The fourth-order valence-electron chi connectivity index (χ4n) is 3.02. The van der Waals surface area contributed by atoms with Crippen LogP contribution in [-0.4, -0.2) is 26.5 Å². The van der Waals surface area contributed by atoms with Crippen molar-refractivity contribution in [3.63, 3.8) is 0 Å². The highest BCUT2D eigenvalue weighted by Gasteiger charge is 2.24. The van der Waals surface area contributed by atoms with Gasteiger partial charge in [0.05, 0.1) is 37.1 Å². The van der Waals surface area contributed by atoms with Crippen LogP contribution in [0.2, 0.25) is 0 Å². The molecule has 5 heteroatoms. The zero-order valence-electron chi connectivity index (χ0n) is 11.6. The van der Waals surface area contributed by atoms with Crippen molar-refractivity contribution in [2.45, 2.75) is 19.6 Å². The van der Waals surface area contributed by atoms with Crippen molar-refractivity contribution in [2.75, 3.05) is 11.5 Å². The first-order valence-electron chi connectivity index (χ1n) is 7.10. The van der Waals surface area contributed by atoms with Gasteiger partial charge in [0, 0.05) is 29.4 Å². The second-order valence-electron chi connectivity index (χ2n) is 5.27. The number of aliphatic hydroxyl groups excluding tert-OH is 1. The van der Waals surface area contributed by atoms with E-state index >= 15 is 0 Å². The molecule has 0 aliphatic carbocycles. The second-order valence-corrected chi connectivity index (χ2v) is 5.27. The Morgan fingerprint density at radius 2 is 2.05 bits per heavy atom. The van der Waals surface area contributed by atoms with Gasteiger partial charge in [-0.1, -0.05) is 18.2 Å². The van der Waals surface area contributed by atoms with Crippen molar-refractivity contribution in [3.8, 4) is 0 Å². The maximum Gasteiger partial charge on any atom is 0.0722 e. The van der Waals surface area contributed by atoms with E-state index in [4.69, 9.17) is 5.11 Å². The Balaban J connectivity index is 1.72. The van der Waals surface area contributed by atoms with Gasteiger partial charge < -0.3 is 10.0 Å². The summed E-state index contributed by atoms with van der Waals surface area (Å²) in [6.07, 6.45) is 3.77. The number of pyridine rings is 1. The lowest BCUT2D eigenvalue weighted by Crippen LogP contribution is -2.17. The van der Waals surface area contributed by atoms with Crippen LogP contribution in [0.1, 0.15) is 11.3 Å². The molecular formula is C16H16N4O. The summed E-state index contributed by atoms with van der Waals surface area (Å²) in [5.74, 6) is 0. The molecule has 0 saturated carbocycles. The molecule has 1 aliphatic heterocycles. The minimum atomic E-state index is 0.117. The summed E-state index contributed by atoms with van der Waals surface area (Å²) in [6, 6.07) is 10.3. The van der Waals surface area contributed by atoms with Crippen LogP contribution < -0.4 is 4.90 Å². The number of hydrogen-bond donors (Lipinski definition) is 1. The SMILES string of the molecule is OCCn1ncc2c1CN(c1ccnc3ccccc13)C2. The predicted molar refractivity (Wildman–Crippen MR) is 80.9 cm³/mol. The number of aromatic nitrogens is 3. The number of para-hydroxylation sites is 1. The second kappa shape index (κ2) is 4.86. The highest BCUT2D eigenvalue weighted by atomic mass is 16.3. The number of benzene rings is 1. The van der Waals surface area contributed by atoms with E-state index in [1.165, 1.54) is 22.3 Å². The Bertz CT molecular complexity index is 791. The number of anilines is 1. The summed E-state index contributed by atoms with van der Waals surface area (Å²) in [4.78, 5) is 6.76. The van der Waals surface area contributed by atoms with E-state index in [9.17, 15) is 0 Å². The maximum atomic E-state index is 9.11. The van der Waals surface area contributed by atoms with Crippen LogP contribution in [0.15, 0.2) is 42.7 Å². The van der Waals surface area contributed by atoms with Crippen LogP contribution in [0.5, 0.6) is 0 Å². The van der Waals surface area contributed by atoms with Gasteiger partial charge in [0.15, 0.2) is 0 Å². The Labute approximate surface area is 122 Å². The number of rotatable bonds is 3. The van der Waals surface area contributed by atoms with E-state index < -0.39 is 0 Å². The molecule has 4 rings (SSSR count). The van der Waals surface area contributed by atoms with Gasteiger partial charge in [-0.3, -0.25) is 9.67 Å². The molecule has 0 spiro atoms. The standard InChI is InChI=1S/C16H16N4O/c21-8-7-20-16-11-19(10-12(16)9-18-20)15-5-6-17-14-4-2-1-3-13(14)15/h1-6,9,21H,7-8,10-11H2. The van der Waals surface area contributed by atoms with Gasteiger partial charge in [0.2, 0.25) is 0 Å². The Kier molecular flexibility index (Phi) is 2.86. The molecule has 0 radical (unpaired) electrons. The fraction of sp³-hybridized carbons (Fsp3) is 0.250. The first kappa shape index (κ1) is 12.3. The minimum Gasteiger partial charge on any atom is -0.394 e. The van der Waals surface area contributed by atoms with Crippen LogP contribution in [0, 0.1) is 0 Å². The smallest absolute Gasteiger partial charge is 0.0722 e. The average Bonchev–Trinajstić information content (AvgIpc) is 3.09. The molecule has 0 fully saturated rings. The molecular weight excluding hydrogens is 264 g/mol. The molecule has 21 heavy (non-hydrogen) atoms. The van der Waals surface area contributed by atoms with Gasteiger partial charge >= 0.3 is 0 Å². The maximum absolute atomic E-state index is 9.11. The summed E-state index contributed by atoms with van der Waals surface area (Å²) in [5, 5.41) is 14.6. The molecule has 5 nitrogen and oxygen atoms in total. The summed E-state index contributed by atoms with van der Waals surface area (Å²) in [5.41, 5.74) is 4.66. The third kappa shape index (κ3) is 1.97. The monoisotopic (exact) mass is 280 g/mol. The van der Waals surface area contributed by atoms with Crippen molar-refractivity contribution in [1.29, 1.82) is 0 Å². The fourth-order valence-corrected chi connectivity index (χ4v) is 3.02. The van der Waals surface area contributed by atoms with E-state index in [0.717, 1.165) is 18.6 Å². The molecule has 0 amide bonds. The summed E-state index contributed by atoms with van der Waals surface area (Å²) in [6.45, 7) is 2.35. The first-order valence-corrected chi connectivity index (χ1v) is 7.10. The van der Waals surface area contributed by atoms with E-state index in [2.05, 4.69) is 27.1 Å². The molecule has 3 heterocycles. The molecule has 2 aromatic heterocycles. The Morgan fingerprint density at radius 3 is 2.95 bits per heavy atom. The summed E-state index contributed by atoms with van der Waals surface area (Å²) >= 11 is 0. The van der Waals surface area contributed by atoms with Crippen molar-refractivity contribution >= 4 is 16.6 Å². The Hall–Kier alpha value is -2.40. The normalized spacial score (nSPS) is 13.9. The van der Waals surface area contributed by atoms with E-state index in [0.29, 0.717) is 6.54 Å². The van der Waals surface area contributed by atoms with Crippen LogP contribution >= 0.6 is 0 Å². The molecule has 0 saturated heterocycles. The van der Waals surface area contributed by atoms with Crippen LogP contribution in [0.4, 0.5) is 5.69 Å². The molecule has 3 aromatic rings. The van der Waals surface area contributed by atoms with Crippen molar-refractivity contribution in [1.82, 2.24) is 14.8 Å².